The minimum absolute atomic E-state index is 0.103. The fourth-order valence-corrected chi connectivity index (χ4v) is 3.28. The number of hydrogen-bond acceptors (Lipinski definition) is 7. The maximum atomic E-state index is 12.3. The predicted octanol–water partition coefficient (Wildman–Crippen LogP) is 2.82. The number of likely N-dealkylation sites (N-methyl/N-ethyl adjacent to an activating group) is 1. The lowest BCUT2D eigenvalue weighted by atomic mass is 10.2. The zero-order chi connectivity index (χ0) is 20.9. The highest BCUT2D eigenvalue weighted by atomic mass is 35.5. The van der Waals surface area contributed by atoms with Crippen LogP contribution >= 0.6 is 11.6 Å². The Hall–Kier alpha value is -3.36. The van der Waals surface area contributed by atoms with Crippen molar-refractivity contribution in [1.82, 2.24) is 30.2 Å². The zero-order valence-corrected chi connectivity index (χ0v) is 17.1. The van der Waals surface area contributed by atoms with Crippen LogP contribution in [0.1, 0.15) is 11.3 Å². The maximum Gasteiger partial charge on any atom is 0.234 e. The molecule has 0 radical (unpaired) electrons. The lowest BCUT2D eigenvalue weighted by Gasteiger charge is -2.17. The summed E-state index contributed by atoms with van der Waals surface area (Å²) < 4.78 is 0. The van der Waals surface area contributed by atoms with Crippen LogP contribution in [0, 0.1) is 0 Å². The van der Waals surface area contributed by atoms with Crippen molar-refractivity contribution in [2.75, 3.05) is 25.5 Å². The first-order valence-electron chi connectivity index (χ1n) is 9.38. The molecule has 8 nitrogen and oxygen atoms in total. The maximum absolute atomic E-state index is 12.3. The topological polar surface area (TPSA) is 95.9 Å². The average Bonchev–Trinajstić information content (AvgIpc) is 2.72. The molecule has 3 heterocycles. The minimum atomic E-state index is -0.103. The summed E-state index contributed by atoms with van der Waals surface area (Å²) >= 11 is 6.30. The number of rotatable bonds is 0. The number of benzene rings is 1. The summed E-state index contributed by atoms with van der Waals surface area (Å²) in [5.74, 6) is 0.859. The molecule has 0 fully saturated rings. The van der Waals surface area contributed by atoms with Gasteiger partial charge in [0.25, 0.3) is 0 Å². The Labute approximate surface area is 179 Å². The van der Waals surface area contributed by atoms with Crippen LogP contribution in [0.5, 0.6) is 0 Å². The number of carbonyl (C=O) groups is 1. The Bertz CT molecular complexity index is 1100. The van der Waals surface area contributed by atoms with Crippen LogP contribution in [0.25, 0.3) is 17.5 Å². The fraction of sp³-hybridized carbons (Fsp3) is 0.190. The summed E-state index contributed by atoms with van der Waals surface area (Å²) in [4.78, 5) is 31.5. The number of carbonyl (C=O) groups excluding carboxylic acids is 1. The Morgan fingerprint density at radius 2 is 2.00 bits per heavy atom. The van der Waals surface area contributed by atoms with Crippen LogP contribution < -0.4 is 10.6 Å². The molecule has 0 saturated carbocycles. The number of pyridine rings is 1. The number of nitrogens with zero attached hydrogens (tertiary/aromatic N) is 5. The summed E-state index contributed by atoms with van der Waals surface area (Å²) in [6, 6.07) is 11.6. The van der Waals surface area contributed by atoms with Crippen molar-refractivity contribution < 1.29 is 4.79 Å². The number of nitrogens with one attached hydrogen (secondary N) is 2. The summed E-state index contributed by atoms with van der Waals surface area (Å²) in [6.45, 7) is 1.10. The summed E-state index contributed by atoms with van der Waals surface area (Å²) in [7, 11) is 1.89. The van der Waals surface area contributed by atoms with E-state index in [1.165, 1.54) is 6.33 Å². The number of halogens is 1. The Morgan fingerprint density at radius 3 is 2.90 bits per heavy atom. The summed E-state index contributed by atoms with van der Waals surface area (Å²) in [5, 5.41) is 6.52. The van der Waals surface area contributed by atoms with Gasteiger partial charge in [-0.1, -0.05) is 23.7 Å². The van der Waals surface area contributed by atoms with Crippen molar-refractivity contribution >= 4 is 35.2 Å². The molecule has 30 heavy (non-hydrogen) atoms. The second-order valence-corrected chi connectivity index (χ2v) is 7.45. The predicted molar refractivity (Wildman–Crippen MR) is 116 cm³/mol. The van der Waals surface area contributed by atoms with Gasteiger partial charge in [-0.05, 0) is 43.0 Å². The second-order valence-electron chi connectivity index (χ2n) is 6.97. The lowest BCUT2D eigenvalue weighted by molar-refractivity contribution is -0.121. The molecule has 1 aliphatic rings. The van der Waals surface area contributed by atoms with Gasteiger partial charge < -0.3 is 10.6 Å². The van der Waals surface area contributed by atoms with Crippen LogP contribution in [0.15, 0.2) is 54.0 Å². The molecule has 3 aromatic rings. The van der Waals surface area contributed by atoms with Crippen molar-refractivity contribution in [3.05, 3.63) is 65.2 Å². The first-order chi connectivity index (χ1) is 14.5. The number of amides is 1. The summed E-state index contributed by atoms with van der Waals surface area (Å²) in [6.07, 6.45) is 4.85. The Morgan fingerprint density at radius 1 is 1.10 bits per heavy atom. The van der Waals surface area contributed by atoms with E-state index in [-0.39, 0.29) is 19.0 Å². The molecular formula is C21H20ClN7O. The van der Waals surface area contributed by atoms with E-state index in [0.717, 1.165) is 16.8 Å². The van der Waals surface area contributed by atoms with Gasteiger partial charge in [-0.15, -0.1) is 0 Å². The monoisotopic (exact) mass is 421 g/mol. The van der Waals surface area contributed by atoms with E-state index in [1.54, 1.807) is 12.3 Å². The van der Waals surface area contributed by atoms with Crippen LogP contribution in [0.2, 0.25) is 0 Å². The van der Waals surface area contributed by atoms with Gasteiger partial charge in [0.1, 0.15) is 6.33 Å². The van der Waals surface area contributed by atoms with E-state index in [2.05, 4.69) is 30.6 Å². The van der Waals surface area contributed by atoms with E-state index >= 15 is 0 Å². The highest BCUT2D eigenvalue weighted by molar-refractivity contribution is 6.31. The third-order valence-electron chi connectivity index (χ3n) is 4.42. The molecule has 1 aliphatic heterocycles. The van der Waals surface area contributed by atoms with E-state index in [9.17, 15) is 4.79 Å². The zero-order valence-electron chi connectivity index (χ0n) is 16.3. The largest absolute Gasteiger partial charge is 0.350 e. The molecule has 0 aliphatic carbocycles. The van der Waals surface area contributed by atoms with Gasteiger partial charge in [0, 0.05) is 29.0 Å². The molecule has 2 aromatic heterocycles. The lowest BCUT2D eigenvalue weighted by Crippen LogP contribution is -2.35. The molecule has 0 saturated heterocycles. The van der Waals surface area contributed by atoms with Gasteiger partial charge in [0.2, 0.25) is 11.9 Å². The van der Waals surface area contributed by atoms with Crippen molar-refractivity contribution in [2.45, 2.75) is 6.54 Å². The van der Waals surface area contributed by atoms with Crippen molar-refractivity contribution in [3.8, 4) is 11.4 Å². The van der Waals surface area contributed by atoms with E-state index < -0.39 is 0 Å². The average molecular weight is 422 g/mol. The van der Waals surface area contributed by atoms with Crippen LogP contribution in [-0.4, -0.2) is 50.9 Å². The minimum Gasteiger partial charge on any atom is -0.350 e. The first kappa shape index (κ1) is 19.9. The molecule has 1 amide bonds. The molecule has 4 rings (SSSR count). The Balaban J connectivity index is 1.72. The summed E-state index contributed by atoms with van der Waals surface area (Å²) in [5.41, 5.74) is 3.34. The number of aromatic nitrogens is 4. The van der Waals surface area contributed by atoms with Crippen LogP contribution in [0.3, 0.4) is 0 Å². The smallest absolute Gasteiger partial charge is 0.234 e. The van der Waals surface area contributed by atoms with E-state index in [4.69, 9.17) is 11.6 Å². The fourth-order valence-electron chi connectivity index (χ4n) is 3.10. The SMILES string of the molecule is CN1CC(=O)NC/C(Cl)=C\c2cc(ccn2)-c2ncnc(n2)Nc2cccc(c2)C1. The number of anilines is 2. The standard InChI is InChI=1S/C21H20ClN7O/c1-29-11-14-3-2-4-17(7-14)27-21-26-13-25-20(28-21)15-5-6-23-18(8-15)9-16(22)10-24-19(30)12-29/h2-9,13H,10-12H2,1H3,(H,24,30)(H,25,26,27,28)/b16-9+. The van der Waals surface area contributed by atoms with Gasteiger partial charge in [-0.25, -0.2) is 9.97 Å². The van der Waals surface area contributed by atoms with Gasteiger partial charge in [-0.3, -0.25) is 14.7 Å². The quantitative estimate of drug-likeness (QED) is 0.576. The second kappa shape index (κ2) is 8.98. The van der Waals surface area contributed by atoms with E-state index in [0.29, 0.717) is 29.0 Å². The first-order valence-corrected chi connectivity index (χ1v) is 9.76. The van der Waals surface area contributed by atoms with Gasteiger partial charge in [-0.2, -0.15) is 4.98 Å². The van der Waals surface area contributed by atoms with Crippen LogP contribution in [-0.2, 0) is 11.3 Å². The molecular weight excluding hydrogens is 402 g/mol. The third-order valence-corrected chi connectivity index (χ3v) is 4.66. The van der Waals surface area contributed by atoms with Crippen molar-refractivity contribution in [2.24, 2.45) is 0 Å². The Kier molecular flexibility index (Phi) is 5.97. The van der Waals surface area contributed by atoms with Crippen molar-refractivity contribution in [1.29, 1.82) is 0 Å². The molecule has 0 unspecified atom stereocenters. The molecule has 0 spiro atoms. The van der Waals surface area contributed by atoms with Gasteiger partial charge in [0.15, 0.2) is 5.82 Å². The van der Waals surface area contributed by atoms with E-state index in [1.807, 2.05) is 48.3 Å². The molecule has 152 valence electrons. The normalized spacial score (nSPS) is 17.0. The van der Waals surface area contributed by atoms with Crippen LogP contribution in [0.4, 0.5) is 11.6 Å². The molecule has 6 bridgehead atoms. The van der Waals surface area contributed by atoms with Gasteiger partial charge >= 0.3 is 0 Å². The third kappa shape index (κ3) is 5.16. The highest BCUT2D eigenvalue weighted by Crippen LogP contribution is 2.20. The molecule has 2 N–H and O–H groups in total. The van der Waals surface area contributed by atoms with Gasteiger partial charge in [0.05, 0.1) is 18.8 Å². The molecule has 1 aromatic carbocycles. The number of fused-ring (bicyclic) bond motifs is 7. The molecule has 9 heteroatoms. The number of hydrogen-bond donors (Lipinski definition) is 2. The molecule has 0 atom stereocenters. The van der Waals surface area contributed by atoms with Crippen molar-refractivity contribution in [3.63, 3.8) is 0 Å². The highest BCUT2D eigenvalue weighted by Gasteiger charge is 2.10.